The summed E-state index contributed by atoms with van der Waals surface area (Å²) in [6, 6.07) is 9.51. The van der Waals surface area contributed by atoms with Gasteiger partial charge in [0, 0.05) is 16.6 Å². The van der Waals surface area contributed by atoms with Gasteiger partial charge in [0.05, 0.1) is 11.9 Å². The van der Waals surface area contributed by atoms with Gasteiger partial charge in [0.15, 0.2) is 10.9 Å². The Balaban J connectivity index is 1.58. The Morgan fingerprint density at radius 3 is 2.61 bits per heavy atom. The summed E-state index contributed by atoms with van der Waals surface area (Å²) in [4.78, 5) is 22.5. The minimum atomic E-state index is -0.405. The van der Waals surface area contributed by atoms with Crippen LogP contribution in [0.5, 0.6) is 0 Å². The number of aromatic nitrogens is 3. The van der Waals surface area contributed by atoms with Crippen molar-refractivity contribution < 1.29 is 13.7 Å². The van der Waals surface area contributed by atoms with Crippen molar-refractivity contribution in [1.82, 2.24) is 15.1 Å². The van der Waals surface area contributed by atoms with Crippen molar-refractivity contribution in [3.05, 3.63) is 70.6 Å². The number of halogens is 1. The fourth-order valence-corrected chi connectivity index (χ4v) is 3.49. The minimum absolute atomic E-state index is 0.245. The second-order valence-electron chi connectivity index (χ2n) is 6.17. The summed E-state index contributed by atoms with van der Waals surface area (Å²) in [5.74, 6) is -0.506. The monoisotopic (exact) mass is 394 g/mol. The van der Waals surface area contributed by atoms with E-state index in [-0.39, 0.29) is 17.1 Å². The van der Waals surface area contributed by atoms with Crippen LogP contribution in [0.15, 0.2) is 53.3 Å². The van der Waals surface area contributed by atoms with Crippen molar-refractivity contribution in [3.63, 3.8) is 0 Å². The van der Waals surface area contributed by atoms with Crippen molar-refractivity contribution in [2.45, 2.75) is 13.8 Å². The number of thiazole rings is 1. The molecule has 6 nitrogen and oxygen atoms in total. The third kappa shape index (κ3) is 3.54. The molecule has 0 aliphatic carbocycles. The van der Waals surface area contributed by atoms with Crippen LogP contribution in [0.1, 0.15) is 20.8 Å². The van der Waals surface area contributed by atoms with Crippen LogP contribution in [0.2, 0.25) is 0 Å². The van der Waals surface area contributed by atoms with E-state index in [4.69, 9.17) is 4.52 Å². The van der Waals surface area contributed by atoms with Crippen LogP contribution in [-0.4, -0.2) is 21.0 Å². The molecule has 0 unspecified atom stereocenters. The number of hydrogen-bond acceptors (Lipinski definition) is 6. The average Bonchev–Trinajstić information content (AvgIpc) is 3.30. The summed E-state index contributed by atoms with van der Waals surface area (Å²) in [7, 11) is 0. The van der Waals surface area contributed by atoms with Crippen molar-refractivity contribution >= 4 is 22.4 Å². The molecule has 1 aromatic carbocycles. The number of amides is 1. The average molecular weight is 394 g/mol. The lowest BCUT2D eigenvalue weighted by atomic mass is 10.1. The summed E-state index contributed by atoms with van der Waals surface area (Å²) < 4.78 is 18.3. The highest BCUT2D eigenvalue weighted by Crippen LogP contribution is 2.30. The second-order valence-corrected chi connectivity index (χ2v) is 7.38. The van der Waals surface area contributed by atoms with E-state index in [2.05, 4.69) is 20.4 Å². The largest absolute Gasteiger partial charge is 0.355 e. The Morgan fingerprint density at radius 1 is 1.11 bits per heavy atom. The van der Waals surface area contributed by atoms with Gasteiger partial charge in [-0.25, -0.2) is 9.37 Å². The molecule has 1 amide bonds. The first-order chi connectivity index (χ1) is 13.5. The van der Waals surface area contributed by atoms with E-state index >= 15 is 0 Å². The van der Waals surface area contributed by atoms with Crippen molar-refractivity contribution in [3.8, 4) is 22.7 Å². The van der Waals surface area contributed by atoms with E-state index in [9.17, 15) is 9.18 Å². The van der Waals surface area contributed by atoms with Crippen LogP contribution >= 0.6 is 11.3 Å². The Morgan fingerprint density at radius 2 is 1.89 bits per heavy atom. The summed E-state index contributed by atoms with van der Waals surface area (Å²) in [6.07, 6.45) is 3.11. The van der Waals surface area contributed by atoms with Gasteiger partial charge >= 0.3 is 0 Å². The van der Waals surface area contributed by atoms with Crippen molar-refractivity contribution in [1.29, 1.82) is 0 Å². The van der Waals surface area contributed by atoms with E-state index in [0.717, 1.165) is 21.8 Å². The quantitative estimate of drug-likeness (QED) is 0.534. The van der Waals surface area contributed by atoms with Crippen LogP contribution in [0.3, 0.4) is 0 Å². The van der Waals surface area contributed by atoms with Crippen LogP contribution in [0.25, 0.3) is 22.7 Å². The zero-order valence-electron chi connectivity index (χ0n) is 15.1. The lowest BCUT2D eigenvalue weighted by Crippen LogP contribution is -2.11. The third-order valence-corrected chi connectivity index (χ3v) is 4.98. The van der Waals surface area contributed by atoms with E-state index in [0.29, 0.717) is 10.7 Å². The van der Waals surface area contributed by atoms with Gasteiger partial charge in [-0.2, -0.15) is 0 Å². The molecule has 8 heteroatoms. The highest BCUT2D eigenvalue weighted by Gasteiger charge is 2.20. The number of hydrogen-bond donors (Lipinski definition) is 1. The minimum Gasteiger partial charge on any atom is -0.355 e. The number of nitrogens with one attached hydrogen (secondary N) is 1. The van der Waals surface area contributed by atoms with Gasteiger partial charge in [-0.15, -0.1) is 11.3 Å². The van der Waals surface area contributed by atoms with Crippen LogP contribution < -0.4 is 5.32 Å². The van der Waals surface area contributed by atoms with E-state index in [1.807, 2.05) is 26.0 Å². The SMILES string of the molecule is Cc1ccc(-c2nc(NC(=O)c3cnoc3-c3ccc(F)cc3)sc2C)nc1. The molecule has 4 rings (SSSR count). The van der Waals surface area contributed by atoms with Gasteiger partial charge in [-0.05, 0) is 49.7 Å². The fraction of sp³-hybridized carbons (Fsp3) is 0.100. The van der Waals surface area contributed by atoms with Crippen molar-refractivity contribution in [2.75, 3.05) is 5.32 Å². The maximum absolute atomic E-state index is 13.1. The van der Waals surface area contributed by atoms with Gasteiger partial charge in [0.2, 0.25) is 0 Å². The highest BCUT2D eigenvalue weighted by atomic mass is 32.1. The second kappa shape index (κ2) is 7.32. The first-order valence-electron chi connectivity index (χ1n) is 8.43. The van der Waals surface area contributed by atoms with Crippen LogP contribution in [0.4, 0.5) is 9.52 Å². The number of carbonyl (C=O) groups excluding carboxylic acids is 1. The summed E-state index contributed by atoms with van der Waals surface area (Å²) in [5, 5.41) is 6.93. The molecule has 0 aliphatic heterocycles. The molecule has 1 N–H and O–H groups in total. The summed E-state index contributed by atoms with van der Waals surface area (Å²) in [6.45, 7) is 3.89. The van der Waals surface area contributed by atoms with Crippen LogP contribution in [0, 0.1) is 19.7 Å². The number of aryl methyl sites for hydroxylation is 2. The number of carbonyl (C=O) groups is 1. The topological polar surface area (TPSA) is 80.9 Å². The molecule has 0 bridgehead atoms. The van der Waals surface area contributed by atoms with Gasteiger partial charge in [0.1, 0.15) is 17.1 Å². The molecular weight excluding hydrogens is 379 g/mol. The first-order valence-corrected chi connectivity index (χ1v) is 9.25. The molecular formula is C20H15FN4O2S. The Kier molecular flexibility index (Phi) is 4.70. The molecule has 3 aromatic heterocycles. The Bertz CT molecular complexity index is 1130. The number of nitrogens with zero attached hydrogens (tertiary/aromatic N) is 3. The molecule has 140 valence electrons. The molecule has 3 heterocycles. The molecule has 0 radical (unpaired) electrons. The summed E-state index contributed by atoms with van der Waals surface area (Å²) in [5.41, 5.74) is 3.34. The lowest BCUT2D eigenvalue weighted by Gasteiger charge is -2.02. The van der Waals surface area contributed by atoms with Crippen molar-refractivity contribution in [2.24, 2.45) is 0 Å². The van der Waals surface area contributed by atoms with E-state index in [1.165, 1.54) is 41.8 Å². The summed E-state index contributed by atoms with van der Waals surface area (Å²) >= 11 is 1.36. The molecule has 0 spiro atoms. The smallest absolute Gasteiger partial charge is 0.263 e. The van der Waals surface area contributed by atoms with E-state index in [1.54, 1.807) is 6.20 Å². The predicted octanol–water partition coefficient (Wildman–Crippen LogP) is 4.87. The van der Waals surface area contributed by atoms with Gasteiger partial charge in [-0.3, -0.25) is 15.1 Å². The van der Waals surface area contributed by atoms with Gasteiger partial charge < -0.3 is 4.52 Å². The zero-order valence-corrected chi connectivity index (χ0v) is 15.9. The Labute approximate surface area is 164 Å². The number of rotatable bonds is 4. The standard InChI is InChI=1S/C20H15FN4O2S/c1-11-3-8-16(22-9-11)17-12(2)28-20(24-17)25-19(26)15-10-23-27-18(15)13-4-6-14(21)7-5-13/h3-10H,1-2H3,(H,24,25,26). The predicted molar refractivity (Wildman–Crippen MR) is 105 cm³/mol. The maximum Gasteiger partial charge on any atom is 0.263 e. The third-order valence-electron chi connectivity index (χ3n) is 4.09. The molecule has 0 fully saturated rings. The lowest BCUT2D eigenvalue weighted by molar-refractivity contribution is 0.102. The number of anilines is 1. The zero-order chi connectivity index (χ0) is 19.7. The molecule has 0 atom stereocenters. The van der Waals surface area contributed by atoms with Gasteiger partial charge in [-0.1, -0.05) is 11.2 Å². The molecule has 0 aliphatic rings. The Hall–Kier alpha value is -3.39. The molecule has 0 saturated heterocycles. The van der Waals surface area contributed by atoms with E-state index < -0.39 is 5.91 Å². The molecule has 4 aromatic rings. The molecule has 28 heavy (non-hydrogen) atoms. The molecule has 0 saturated carbocycles. The van der Waals surface area contributed by atoms with Gasteiger partial charge in [0.25, 0.3) is 5.91 Å². The first kappa shape index (κ1) is 18.0. The highest BCUT2D eigenvalue weighted by molar-refractivity contribution is 7.16. The maximum atomic E-state index is 13.1. The fourth-order valence-electron chi connectivity index (χ4n) is 2.67. The number of benzene rings is 1. The number of pyridine rings is 1. The normalized spacial score (nSPS) is 10.8. The van der Waals surface area contributed by atoms with Crippen LogP contribution in [-0.2, 0) is 0 Å².